The van der Waals surface area contributed by atoms with E-state index < -0.39 is 0 Å². The summed E-state index contributed by atoms with van der Waals surface area (Å²) in [4.78, 5) is 19.9. The lowest BCUT2D eigenvalue weighted by Gasteiger charge is -1.98. The predicted molar refractivity (Wildman–Crippen MR) is 65.7 cm³/mol. The van der Waals surface area contributed by atoms with Crippen LogP contribution in [0.5, 0.6) is 0 Å². The van der Waals surface area contributed by atoms with Gasteiger partial charge in [0.25, 0.3) is 0 Å². The van der Waals surface area contributed by atoms with Gasteiger partial charge in [-0.15, -0.1) is 11.3 Å². The van der Waals surface area contributed by atoms with Crippen LogP contribution >= 0.6 is 34.5 Å². The summed E-state index contributed by atoms with van der Waals surface area (Å²) in [6.07, 6.45) is 2.61. The molecule has 0 unspecified atom stereocenters. The first-order chi connectivity index (χ1) is 8.13. The molecular formula is C10H6Cl2N2O2S. The molecule has 0 aliphatic rings. The second kappa shape index (κ2) is 5.10. The van der Waals surface area contributed by atoms with Crippen LogP contribution in [0.15, 0.2) is 18.6 Å². The average Bonchev–Trinajstić information content (AvgIpc) is 2.70. The van der Waals surface area contributed by atoms with Crippen molar-refractivity contribution in [2.75, 3.05) is 0 Å². The normalized spacial score (nSPS) is 10.5. The molecular weight excluding hydrogens is 283 g/mol. The highest BCUT2D eigenvalue weighted by atomic mass is 35.5. The van der Waals surface area contributed by atoms with Gasteiger partial charge in [0.1, 0.15) is 11.5 Å². The molecule has 0 radical (unpaired) electrons. The van der Waals surface area contributed by atoms with Gasteiger partial charge in [-0.25, -0.2) is 9.97 Å². The zero-order valence-electron chi connectivity index (χ0n) is 8.35. The van der Waals surface area contributed by atoms with Gasteiger partial charge in [-0.05, 0) is 6.07 Å². The summed E-state index contributed by atoms with van der Waals surface area (Å²) >= 11 is 12.8. The zero-order valence-corrected chi connectivity index (χ0v) is 10.7. The number of rotatable bonds is 3. The van der Waals surface area contributed by atoms with Crippen LogP contribution in [-0.2, 0) is 6.61 Å². The molecule has 17 heavy (non-hydrogen) atoms. The number of ketones is 1. The van der Waals surface area contributed by atoms with Gasteiger partial charge in [0.15, 0.2) is 0 Å². The monoisotopic (exact) mass is 288 g/mol. The van der Waals surface area contributed by atoms with Crippen molar-refractivity contribution in [3.8, 4) is 0 Å². The minimum atomic E-state index is -0.304. The van der Waals surface area contributed by atoms with Gasteiger partial charge in [-0.1, -0.05) is 23.2 Å². The number of halogens is 2. The molecule has 1 N–H and O–H groups in total. The van der Waals surface area contributed by atoms with E-state index in [0.717, 1.165) is 11.3 Å². The van der Waals surface area contributed by atoms with Gasteiger partial charge in [0.2, 0.25) is 5.78 Å². The van der Waals surface area contributed by atoms with Crippen LogP contribution in [0.2, 0.25) is 9.49 Å². The molecule has 0 spiro atoms. The molecule has 88 valence electrons. The fourth-order valence-electron chi connectivity index (χ4n) is 1.23. The third-order valence-corrected chi connectivity index (χ3v) is 3.80. The summed E-state index contributed by atoms with van der Waals surface area (Å²) in [6, 6.07) is 1.54. The number of nitrogens with zero attached hydrogens (tertiary/aromatic N) is 2. The number of carbonyl (C=O) groups is 1. The lowest BCUT2D eigenvalue weighted by molar-refractivity contribution is 0.104. The zero-order chi connectivity index (χ0) is 12.4. The molecule has 0 amide bonds. The van der Waals surface area contributed by atoms with Crippen molar-refractivity contribution in [3.63, 3.8) is 0 Å². The van der Waals surface area contributed by atoms with Crippen molar-refractivity contribution in [1.29, 1.82) is 0 Å². The first-order valence-electron chi connectivity index (χ1n) is 4.52. The molecule has 2 aromatic rings. The fourth-order valence-corrected chi connectivity index (χ4v) is 2.62. The number of aliphatic hydroxyl groups is 1. The lowest BCUT2D eigenvalue weighted by Crippen LogP contribution is -2.01. The van der Waals surface area contributed by atoms with Crippen LogP contribution in [0, 0.1) is 0 Å². The van der Waals surface area contributed by atoms with Crippen molar-refractivity contribution in [3.05, 3.63) is 44.1 Å². The van der Waals surface area contributed by atoms with Crippen molar-refractivity contribution < 1.29 is 9.90 Å². The highest BCUT2D eigenvalue weighted by molar-refractivity contribution is 7.18. The number of aromatic nitrogens is 2. The highest BCUT2D eigenvalue weighted by Gasteiger charge is 2.18. The van der Waals surface area contributed by atoms with Crippen LogP contribution in [0.1, 0.15) is 20.8 Å². The first-order valence-corrected chi connectivity index (χ1v) is 6.10. The summed E-state index contributed by atoms with van der Waals surface area (Å²) < 4.78 is 0.392. The van der Waals surface area contributed by atoms with Crippen molar-refractivity contribution in [2.45, 2.75) is 6.61 Å². The van der Waals surface area contributed by atoms with Crippen molar-refractivity contribution >= 4 is 40.3 Å². The summed E-state index contributed by atoms with van der Waals surface area (Å²) in [7, 11) is 0. The smallest absolute Gasteiger partial charge is 0.207 e. The standard InChI is InChI=1S/C10H6Cl2N2O2S/c11-9-6(2-13-4-14-9)8(16)7-1-5(3-15)10(12)17-7/h1-2,4,15H,3H2. The van der Waals surface area contributed by atoms with Crippen LogP contribution in [0.4, 0.5) is 0 Å². The maximum atomic E-state index is 12.1. The summed E-state index contributed by atoms with van der Waals surface area (Å²) in [6.45, 7) is -0.207. The Kier molecular flexibility index (Phi) is 3.73. The van der Waals surface area contributed by atoms with Gasteiger partial charge < -0.3 is 5.11 Å². The Morgan fingerprint density at radius 1 is 1.47 bits per heavy atom. The highest BCUT2D eigenvalue weighted by Crippen LogP contribution is 2.30. The van der Waals surface area contributed by atoms with Crippen molar-refractivity contribution in [2.24, 2.45) is 0 Å². The molecule has 0 fully saturated rings. The minimum Gasteiger partial charge on any atom is -0.392 e. The number of hydrogen-bond acceptors (Lipinski definition) is 5. The average molecular weight is 289 g/mol. The minimum absolute atomic E-state index is 0.0973. The number of carbonyl (C=O) groups excluding carboxylic acids is 1. The molecule has 0 aliphatic carbocycles. The largest absolute Gasteiger partial charge is 0.392 e. The van der Waals surface area contributed by atoms with E-state index in [1.807, 2.05) is 0 Å². The molecule has 0 saturated carbocycles. The van der Waals surface area contributed by atoms with Crippen molar-refractivity contribution in [1.82, 2.24) is 9.97 Å². The second-order valence-corrected chi connectivity index (χ2v) is 5.14. The maximum absolute atomic E-state index is 12.1. The maximum Gasteiger partial charge on any atom is 0.207 e. The number of aliphatic hydroxyl groups excluding tert-OH is 1. The van der Waals surface area contributed by atoms with E-state index in [9.17, 15) is 4.79 Å². The predicted octanol–water partition coefficient (Wildman–Crippen LogP) is 2.57. The van der Waals surface area contributed by atoms with Crippen LogP contribution in [0.3, 0.4) is 0 Å². The van der Waals surface area contributed by atoms with Gasteiger partial charge in [-0.2, -0.15) is 0 Å². The summed E-state index contributed by atoms with van der Waals surface area (Å²) in [5.74, 6) is -0.304. The Labute approximate surface area is 111 Å². The third kappa shape index (κ3) is 2.47. The topological polar surface area (TPSA) is 63.1 Å². The van der Waals surface area contributed by atoms with Gasteiger partial charge >= 0.3 is 0 Å². The van der Waals surface area contributed by atoms with Gasteiger partial charge in [0, 0.05) is 11.8 Å². The van der Waals surface area contributed by atoms with E-state index in [2.05, 4.69) is 9.97 Å². The molecule has 0 atom stereocenters. The molecule has 0 saturated heterocycles. The van der Waals surface area contributed by atoms with E-state index in [0.29, 0.717) is 14.8 Å². The fraction of sp³-hybridized carbons (Fsp3) is 0.100. The SMILES string of the molecule is O=C(c1cc(CO)c(Cl)s1)c1cncnc1Cl. The molecule has 2 heterocycles. The number of hydrogen-bond donors (Lipinski definition) is 1. The molecule has 7 heteroatoms. The Hall–Kier alpha value is -1.01. The molecule has 0 aromatic carbocycles. The molecule has 4 nitrogen and oxygen atoms in total. The second-order valence-electron chi connectivity index (χ2n) is 3.12. The Bertz CT molecular complexity index is 571. The van der Waals surface area contributed by atoms with E-state index >= 15 is 0 Å². The summed E-state index contributed by atoms with van der Waals surface area (Å²) in [5.41, 5.74) is 0.740. The first kappa shape index (κ1) is 12.4. The van der Waals surface area contributed by atoms with Crippen LogP contribution in [0.25, 0.3) is 0 Å². The van der Waals surface area contributed by atoms with E-state index in [-0.39, 0.29) is 23.1 Å². The Balaban J connectivity index is 2.41. The van der Waals surface area contributed by atoms with E-state index in [1.165, 1.54) is 12.5 Å². The molecule has 2 aromatic heterocycles. The molecule has 0 aliphatic heterocycles. The van der Waals surface area contributed by atoms with E-state index in [4.69, 9.17) is 28.3 Å². The number of thiophene rings is 1. The van der Waals surface area contributed by atoms with Crippen LogP contribution < -0.4 is 0 Å². The Morgan fingerprint density at radius 3 is 2.82 bits per heavy atom. The van der Waals surface area contributed by atoms with E-state index in [1.54, 1.807) is 6.07 Å². The van der Waals surface area contributed by atoms with Gasteiger partial charge in [0.05, 0.1) is 21.4 Å². The van der Waals surface area contributed by atoms with Gasteiger partial charge in [-0.3, -0.25) is 4.79 Å². The van der Waals surface area contributed by atoms with Crippen LogP contribution in [-0.4, -0.2) is 20.9 Å². The third-order valence-electron chi connectivity index (χ3n) is 2.06. The molecule has 2 rings (SSSR count). The summed E-state index contributed by atoms with van der Waals surface area (Å²) in [5, 5.41) is 9.10. The quantitative estimate of drug-likeness (QED) is 0.696. The Morgan fingerprint density at radius 2 is 2.24 bits per heavy atom. The lowest BCUT2D eigenvalue weighted by atomic mass is 10.2. The molecule has 0 bridgehead atoms.